The molecule has 3 rings (SSSR count). The number of sulfonamides is 1. The number of hydrogen-bond donors (Lipinski definition) is 0. The summed E-state index contributed by atoms with van der Waals surface area (Å²) in [6, 6.07) is 7.15. The lowest BCUT2D eigenvalue weighted by Crippen LogP contribution is -2.43. The van der Waals surface area contributed by atoms with E-state index < -0.39 is 10.0 Å². The van der Waals surface area contributed by atoms with Gasteiger partial charge in [-0.3, -0.25) is 9.78 Å². The lowest BCUT2D eigenvalue weighted by molar-refractivity contribution is -0.135. The molecule has 0 bridgehead atoms. The third-order valence-corrected chi connectivity index (χ3v) is 7.17. The Bertz CT molecular complexity index is 799. The zero-order chi connectivity index (χ0) is 17.9. The summed E-state index contributed by atoms with van der Waals surface area (Å²) < 4.78 is 26.7. The van der Waals surface area contributed by atoms with Crippen LogP contribution in [0.15, 0.2) is 46.9 Å². The number of rotatable bonds is 5. The Kier molecular flexibility index (Phi) is 5.51. The molecule has 25 heavy (non-hydrogen) atoms. The highest BCUT2D eigenvalue weighted by molar-refractivity contribution is 7.89. The van der Waals surface area contributed by atoms with Crippen LogP contribution in [0.5, 0.6) is 0 Å². The van der Waals surface area contributed by atoms with Crippen molar-refractivity contribution in [3.05, 3.63) is 46.9 Å². The molecule has 0 radical (unpaired) electrons. The van der Waals surface area contributed by atoms with Gasteiger partial charge >= 0.3 is 0 Å². The summed E-state index contributed by atoms with van der Waals surface area (Å²) in [6.45, 7) is 1.33. The minimum atomic E-state index is -3.52. The number of amides is 1. The van der Waals surface area contributed by atoms with Crippen molar-refractivity contribution in [2.75, 3.05) is 20.1 Å². The highest BCUT2D eigenvalue weighted by Crippen LogP contribution is 2.25. The maximum atomic E-state index is 12.6. The Morgan fingerprint density at radius 2 is 2.08 bits per heavy atom. The first-order valence-electron chi connectivity index (χ1n) is 8.16. The fraction of sp³-hybridized carbons (Fsp3) is 0.412. The molecule has 0 N–H and O–H groups in total. The number of aromatic nitrogens is 1. The average Bonchev–Trinajstić information content (AvgIpc) is 3.15. The molecule has 0 spiro atoms. The molecule has 2 aromatic heterocycles. The number of carbonyl (C=O) groups excluding carboxylic acids is 1. The van der Waals surface area contributed by atoms with Gasteiger partial charge in [-0.25, -0.2) is 8.42 Å². The molecule has 1 aliphatic heterocycles. The van der Waals surface area contributed by atoms with Gasteiger partial charge in [-0.2, -0.15) is 4.31 Å². The van der Waals surface area contributed by atoms with Gasteiger partial charge < -0.3 is 4.90 Å². The van der Waals surface area contributed by atoms with Gasteiger partial charge in [-0.15, -0.1) is 11.3 Å². The van der Waals surface area contributed by atoms with Crippen molar-refractivity contribution < 1.29 is 13.2 Å². The molecule has 0 aromatic carbocycles. The quantitative estimate of drug-likeness (QED) is 0.799. The molecular weight excluding hydrogens is 358 g/mol. The average molecular weight is 380 g/mol. The number of carbonyl (C=O) groups is 1. The van der Waals surface area contributed by atoms with Gasteiger partial charge in [-0.1, -0.05) is 6.07 Å². The van der Waals surface area contributed by atoms with E-state index in [1.54, 1.807) is 41.6 Å². The van der Waals surface area contributed by atoms with Gasteiger partial charge in [0.15, 0.2) is 0 Å². The van der Waals surface area contributed by atoms with E-state index in [-0.39, 0.29) is 16.7 Å². The molecular formula is C17H21N3O3S2. The Morgan fingerprint density at radius 1 is 1.32 bits per heavy atom. The van der Waals surface area contributed by atoms with Gasteiger partial charge in [0.05, 0.1) is 6.54 Å². The van der Waals surface area contributed by atoms with Gasteiger partial charge in [-0.05, 0) is 36.4 Å². The smallest absolute Gasteiger partial charge is 0.244 e. The zero-order valence-corrected chi connectivity index (χ0v) is 15.7. The minimum absolute atomic E-state index is 0.0897. The third kappa shape index (κ3) is 4.08. The van der Waals surface area contributed by atoms with E-state index in [1.807, 2.05) is 17.5 Å². The summed E-state index contributed by atoms with van der Waals surface area (Å²) in [5.41, 5.74) is 0. The predicted octanol–water partition coefficient (Wildman–Crippen LogP) is 2.20. The summed E-state index contributed by atoms with van der Waals surface area (Å²) in [7, 11) is -1.72. The van der Waals surface area contributed by atoms with E-state index in [2.05, 4.69) is 4.98 Å². The third-order valence-electron chi connectivity index (χ3n) is 4.42. The van der Waals surface area contributed by atoms with Crippen LogP contribution in [0, 0.1) is 5.92 Å². The first-order chi connectivity index (χ1) is 12.0. The zero-order valence-electron chi connectivity index (χ0n) is 14.0. The van der Waals surface area contributed by atoms with Gasteiger partial charge in [0.1, 0.15) is 4.90 Å². The van der Waals surface area contributed by atoms with Crippen LogP contribution in [0.1, 0.15) is 17.7 Å². The lowest BCUT2D eigenvalue weighted by Gasteiger charge is -2.32. The molecule has 134 valence electrons. The van der Waals surface area contributed by atoms with Gasteiger partial charge in [0.25, 0.3) is 0 Å². The number of pyridine rings is 1. The molecule has 0 unspecified atom stereocenters. The van der Waals surface area contributed by atoms with Crippen LogP contribution >= 0.6 is 11.3 Å². The highest BCUT2D eigenvalue weighted by Gasteiger charge is 2.33. The summed E-state index contributed by atoms with van der Waals surface area (Å²) in [5.74, 6) is -0.0304. The fourth-order valence-corrected chi connectivity index (χ4v) is 5.21. The molecule has 0 aliphatic carbocycles. The van der Waals surface area contributed by atoms with Gasteiger partial charge in [0, 0.05) is 43.3 Å². The van der Waals surface area contributed by atoms with Crippen molar-refractivity contribution in [3.8, 4) is 0 Å². The van der Waals surface area contributed by atoms with Crippen LogP contribution in [-0.2, 0) is 21.4 Å². The van der Waals surface area contributed by atoms with Crippen LogP contribution in [0.3, 0.4) is 0 Å². The molecule has 6 nitrogen and oxygen atoms in total. The van der Waals surface area contributed by atoms with Crippen LogP contribution in [-0.4, -0.2) is 48.7 Å². The van der Waals surface area contributed by atoms with E-state index in [4.69, 9.17) is 0 Å². The van der Waals surface area contributed by atoms with Gasteiger partial charge in [0.2, 0.25) is 15.9 Å². The van der Waals surface area contributed by atoms with E-state index in [9.17, 15) is 13.2 Å². The van der Waals surface area contributed by atoms with E-state index >= 15 is 0 Å². The van der Waals surface area contributed by atoms with E-state index in [1.165, 1.54) is 10.5 Å². The number of piperidine rings is 1. The molecule has 3 heterocycles. The number of nitrogens with zero attached hydrogens (tertiary/aromatic N) is 3. The topological polar surface area (TPSA) is 70.6 Å². The molecule has 0 saturated carbocycles. The van der Waals surface area contributed by atoms with Crippen molar-refractivity contribution in [3.63, 3.8) is 0 Å². The molecule has 1 aliphatic rings. The normalized spacial score (nSPS) is 16.7. The van der Waals surface area contributed by atoms with Crippen LogP contribution in [0.2, 0.25) is 0 Å². The Hall–Kier alpha value is -1.77. The summed E-state index contributed by atoms with van der Waals surface area (Å²) in [4.78, 5) is 19.6. The first kappa shape index (κ1) is 18.0. The Morgan fingerprint density at radius 3 is 2.68 bits per heavy atom. The summed E-state index contributed by atoms with van der Waals surface area (Å²) >= 11 is 1.63. The van der Waals surface area contributed by atoms with Crippen molar-refractivity contribution in [2.45, 2.75) is 24.3 Å². The molecule has 1 saturated heterocycles. The molecule has 1 amide bonds. The molecule has 1 fully saturated rings. The second kappa shape index (κ2) is 7.63. The number of hydrogen-bond acceptors (Lipinski definition) is 5. The van der Waals surface area contributed by atoms with Crippen molar-refractivity contribution in [1.82, 2.24) is 14.2 Å². The van der Waals surface area contributed by atoms with Crippen molar-refractivity contribution in [2.24, 2.45) is 5.92 Å². The molecule has 8 heteroatoms. The highest BCUT2D eigenvalue weighted by atomic mass is 32.2. The van der Waals surface area contributed by atoms with E-state index in [0.717, 1.165) is 4.88 Å². The predicted molar refractivity (Wildman–Crippen MR) is 96.5 cm³/mol. The first-order valence-corrected chi connectivity index (χ1v) is 10.5. The second-order valence-electron chi connectivity index (χ2n) is 6.14. The maximum Gasteiger partial charge on any atom is 0.244 e. The largest absolute Gasteiger partial charge is 0.340 e. The Balaban J connectivity index is 1.59. The SMILES string of the molecule is CN(Cc1cccs1)C(=O)C1CCN(S(=O)(=O)c2cccnc2)CC1. The Labute approximate surface area is 152 Å². The van der Waals surface area contributed by atoms with Crippen molar-refractivity contribution in [1.29, 1.82) is 0 Å². The molecule has 0 atom stereocenters. The van der Waals surface area contributed by atoms with Crippen LogP contribution in [0.4, 0.5) is 0 Å². The standard InChI is InChI=1S/C17H21N3O3S2/c1-19(13-15-4-3-11-24-15)17(21)14-6-9-20(10-7-14)25(22,23)16-5-2-8-18-12-16/h2-5,8,11-12,14H,6-7,9-10,13H2,1H3. The van der Waals surface area contributed by atoms with E-state index in [0.29, 0.717) is 32.5 Å². The lowest BCUT2D eigenvalue weighted by atomic mass is 9.96. The number of thiophene rings is 1. The maximum absolute atomic E-state index is 12.6. The molecule has 2 aromatic rings. The van der Waals surface area contributed by atoms with Crippen LogP contribution in [0.25, 0.3) is 0 Å². The monoisotopic (exact) mass is 379 g/mol. The van der Waals surface area contributed by atoms with Crippen molar-refractivity contribution >= 4 is 27.3 Å². The second-order valence-corrected chi connectivity index (χ2v) is 9.11. The van der Waals surface area contributed by atoms with Crippen LogP contribution < -0.4 is 0 Å². The fourth-order valence-electron chi connectivity index (χ4n) is 3.02. The summed E-state index contributed by atoms with van der Waals surface area (Å²) in [5, 5.41) is 2.00. The minimum Gasteiger partial charge on any atom is -0.340 e. The summed E-state index contributed by atoms with van der Waals surface area (Å²) in [6.07, 6.45) is 4.01.